The van der Waals surface area contributed by atoms with E-state index in [0.29, 0.717) is 16.2 Å². The molecule has 0 N–H and O–H groups in total. The van der Waals surface area contributed by atoms with Crippen LogP contribution in [-0.2, 0) is 6.61 Å². The molecule has 0 saturated carbocycles. The lowest BCUT2D eigenvalue weighted by Gasteiger charge is -2.03. The first-order chi connectivity index (χ1) is 6.86. The number of hydrogen-bond acceptors (Lipinski definition) is 5. The molecule has 5 nitrogen and oxygen atoms in total. The molecule has 6 heteroatoms. The van der Waals surface area contributed by atoms with E-state index < -0.39 is 0 Å². The molecule has 0 aliphatic heterocycles. The molecule has 0 aromatic carbocycles. The summed E-state index contributed by atoms with van der Waals surface area (Å²) in [5.74, 6) is 1.15. The first-order valence-corrected chi connectivity index (χ1v) is 4.64. The highest BCUT2D eigenvalue weighted by Crippen LogP contribution is 2.21. The van der Waals surface area contributed by atoms with Gasteiger partial charge in [0.25, 0.3) is 0 Å². The zero-order valence-corrected chi connectivity index (χ0v) is 8.64. The third-order valence-electron chi connectivity index (χ3n) is 1.49. The molecule has 0 unspecified atom stereocenters. The Bertz CT molecular complexity index is 405. The zero-order valence-electron chi connectivity index (χ0n) is 7.05. The maximum Gasteiger partial charge on any atom is 0.213 e. The van der Waals surface area contributed by atoms with Crippen molar-refractivity contribution in [2.24, 2.45) is 0 Å². The largest absolute Gasteiger partial charge is 0.483 e. The van der Waals surface area contributed by atoms with Crippen LogP contribution < -0.4 is 4.74 Å². The number of ether oxygens (including phenoxy) is 1. The third-order valence-corrected chi connectivity index (χ3v) is 2.08. The topological polar surface area (TPSA) is 61.0 Å². The number of rotatable bonds is 3. The monoisotopic (exact) mass is 255 g/mol. The Kier molecular flexibility index (Phi) is 2.73. The summed E-state index contributed by atoms with van der Waals surface area (Å²) < 4.78 is 10.6. The van der Waals surface area contributed by atoms with Gasteiger partial charge in [-0.25, -0.2) is 4.98 Å². The quantitative estimate of drug-likeness (QED) is 0.783. The van der Waals surface area contributed by atoms with E-state index in [1.165, 1.54) is 6.39 Å². The number of hydrogen-bond donors (Lipinski definition) is 0. The SMILES string of the molecule is Brc1ncccc1OCc1ncon1. The molecule has 0 fully saturated rings. The predicted octanol–water partition coefficient (Wildman–Crippen LogP) is 1.81. The van der Waals surface area contributed by atoms with Gasteiger partial charge in [0, 0.05) is 6.20 Å². The Balaban J connectivity index is 2.02. The van der Waals surface area contributed by atoms with Gasteiger partial charge < -0.3 is 9.26 Å². The summed E-state index contributed by atoms with van der Waals surface area (Å²) in [5, 5.41) is 3.61. The van der Waals surface area contributed by atoms with E-state index in [0.717, 1.165) is 0 Å². The predicted molar refractivity (Wildman–Crippen MR) is 50.6 cm³/mol. The summed E-state index contributed by atoms with van der Waals surface area (Å²) in [6.07, 6.45) is 2.93. The normalized spacial score (nSPS) is 10.1. The van der Waals surface area contributed by atoms with E-state index in [2.05, 4.69) is 35.6 Å². The molecule has 14 heavy (non-hydrogen) atoms. The number of halogens is 1. The van der Waals surface area contributed by atoms with Crippen molar-refractivity contribution in [1.29, 1.82) is 0 Å². The minimum absolute atomic E-state index is 0.265. The van der Waals surface area contributed by atoms with Crippen molar-refractivity contribution in [3.05, 3.63) is 35.2 Å². The second kappa shape index (κ2) is 4.19. The minimum Gasteiger partial charge on any atom is -0.483 e. The number of nitrogens with zero attached hydrogens (tertiary/aromatic N) is 3. The smallest absolute Gasteiger partial charge is 0.213 e. The van der Waals surface area contributed by atoms with Crippen LogP contribution in [0.2, 0.25) is 0 Å². The van der Waals surface area contributed by atoms with Crippen molar-refractivity contribution in [3.8, 4) is 5.75 Å². The van der Waals surface area contributed by atoms with Crippen LogP contribution in [-0.4, -0.2) is 15.1 Å². The summed E-state index contributed by atoms with van der Waals surface area (Å²) >= 11 is 3.26. The van der Waals surface area contributed by atoms with Crippen LogP contribution in [0.5, 0.6) is 5.75 Å². The van der Waals surface area contributed by atoms with Crippen LogP contribution >= 0.6 is 15.9 Å². The van der Waals surface area contributed by atoms with Gasteiger partial charge in [-0.1, -0.05) is 5.16 Å². The maximum atomic E-state index is 5.39. The molecule has 2 heterocycles. The first-order valence-electron chi connectivity index (χ1n) is 3.85. The molecule has 2 aromatic heterocycles. The van der Waals surface area contributed by atoms with Crippen LogP contribution in [0.3, 0.4) is 0 Å². The Morgan fingerprint density at radius 3 is 3.07 bits per heavy atom. The summed E-state index contributed by atoms with van der Waals surface area (Å²) in [6.45, 7) is 0.265. The maximum absolute atomic E-state index is 5.39. The van der Waals surface area contributed by atoms with E-state index in [9.17, 15) is 0 Å². The molecule has 0 bridgehead atoms. The lowest BCUT2D eigenvalue weighted by atomic mass is 10.5. The Morgan fingerprint density at radius 1 is 1.43 bits per heavy atom. The van der Waals surface area contributed by atoms with Gasteiger partial charge in [-0.05, 0) is 28.1 Å². The standard InChI is InChI=1S/C8H6BrN3O2/c9-8-6(2-1-3-10-8)13-4-7-11-5-14-12-7/h1-3,5H,4H2. The fourth-order valence-corrected chi connectivity index (χ4v) is 1.24. The van der Waals surface area contributed by atoms with E-state index in [4.69, 9.17) is 4.74 Å². The number of pyridine rings is 1. The minimum atomic E-state index is 0.265. The first kappa shape index (κ1) is 9.14. The molecular weight excluding hydrogens is 250 g/mol. The molecule has 72 valence electrons. The Labute approximate surface area is 88.2 Å². The summed E-state index contributed by atoms with van der Waals surface area (Å²) in [4.78, 5) is 7.83. The molecule has 0 saturated heterocycles. The van der Waals surface area contributed by atoms with Gasteiger partial charge in [-0.3, -0.25) is 0 Å². The van der Waals surface area contributed by atoms with E-state index in [1.54, 1.807) is 18.3 Å². The van der Waals surface area contributed by atoms with Gasteiger partial charge in [0.2, 0.25) is 12.2 Å². The van der Waals surface area contributed by atoms with Crippen LogP contribution in [0.25, 0.3) is 0 Å². The van der Waals surface area contributed by atoms with Crippen LogP contribution in [0.15, 0.2) is 33.8 Å². The van der Waals surface area contributed by atoms with Crippen LogP contribution in [0.1, 0.15) is 5.82 Å². The summed E-state index contributed by atoms with van der Waals surface area (Å²) in [7, 11) is 0. The van der Waals surface area contributed by atoms with Gasteiger partial charge in [-0.15, -0.1) is 0 Å². The van der Waals surface area contributed by atoms with Gasteiger partial charge in [-0.2, -0.15) is 4.98 Å². The molecule has 0 aliphatic carbocycles. The average Bonchev–Trinajstić information content (AvgIpc) is 2.69. The molecule has 2 aromatic rings. The summed E-state index contributed by atoms with van der Waals surface area (Å²) in [6, 6.07) is 3.59. The van der Waals surface area contributed by atoms with Gasteiger partial charge in [0.05, 0.1) is 0 Å². The fraction of sp³-hybridized carbons (Fsp3) is 0.125. The summed E-state index contributed by atoms with van der Waals surface area (Å²) in [5.41, 5.74) is 0. The highest BCUT2D eigenvalue weighted by atomic mass is 79.9. The van der Waals surface area contributed by atoms with E-state index in [-0.39, 0.29) is 6.61 Å². The van der Waals surface area contributed by atoms with Crippen molar-refractivity contribution in [1.82, 2.24) is 15.1 Å². The van der Waals surface area contributed by atoms with Gasteiger partial charge >= 0.3 is 0 Å². The van der Waals surface area contributed by atoms with Crippen molar-refractivity contribution < 1.29 is 9.26 Å². The van der Waals surface area contributed by atoms with Crippen molar-refractivity contribution in [2.45, 2.75) is 6.61 Å². The molecular formula is C8H6BrN3O2. The molecule has 0 amide bonds. The Morgan fingerprint density at radius 2 is 2.36 bits per heavy atom. The lowest BCUT2D eigenvalue weighted by molar-refractivity contribution is 0.283. The van der Waals surface area contributed by atoms with Crippen LogP contribution in [0, 0.1) is 0 Å². The molecule has 2 rings (SSSR count). The Hall–Kier alpha value is -1.43. The van der Waals surface area contributed by atoms with Crippen molar-refractivity contribution >= 4 is 15.9 Å². The van der Waals surface area contributed by atoms with E-state index >= 15 is 0 Å². The fourth-order valence-electron chi connectivity index (χ4n) is 0.877. The van der Waals surface area contributed by atoms with Crippen molar-refractivity contribution in [2.75, 3.05) is 0 Å². The third kappa shape index (κ3) is 2.08. The second-order valence-corrected chi connectivity index (χ2v) is 3.18. The molecule has 0 aliphatic rings. The lowest BCUT2D eigenvalue weighted by Crippen LogP contribution is -1.98. The molecule has 0 spiro atoms. The van der Waals surface area contributed by atoms with Gasteiger partial charge in [0.15, 0.2) is 12.4 Å². The van der Waals surface area contributed by atoms with E-state index in [1.807, 2.05) is 0 Å². The molecule has 0 radical (unpaired) electrons. The number of aromatic nitrogens is 3. The second-order valence-electron chi connectivity index (χ2n) is 2.43. The van der Waals surface area contributed by atoms with Crippen molar-refractivity contribution in [3.63, 3.8) is 0 Å². The highest BCUT2D eigenvalue weighted by Gasteiger charge is 2.03. The zero-order chi connectivity index (χ0) is 9.80. The van der Waals surface area contributed by atoms with Crippen LogP contribution in [0.4, 0.5) is 0 Å². The molecule has 0 atom stereocenters. The van der Waals surface area contributed by atoms with Gasteiger partial charge in [0.1, 0.15) is 4.60 Å². The highest BCUT2D eigenvalue weighted by molar-refractivity contribution is 9.10. The average molecular weight is 256 g/mol.